The van der Waals surface area contributed by atoms with Crippen LogP contribution in [0.5, 0.6) is 5.75 Å². The fraction of sp³-hybridized carbons (Fsp3) is 0.650. The molecule has 2 unspecified atom stereocenters. The van der Waals surface area contributed by atoms with Gasteiger partial charge in [-0.2, -0.15) is 0 Å². The highest BCUT2D eigenvalue weighted by Gasteiger charge is 2.25. The van der Waals surface area contributed by atoms with Gasteiger partial charge in [0.1, 0.15) is 5.75 Å². The van der Waals surface area contributed by atoms with Gasteiger partial charge >= 0.3 is 0 Å². The molecule has 25 heavy (non-hydrogen) atoms. The molecule has 1 saturated heterocycles. The SMILES string of the molecule is COc1ccc(CCCCCC(=O)N2CCCC(C(C)N)C2)cc1.Cl. The van der Waals surface area contributed by atoms with Gasteiger partial charge < -0.3 is 15.4 Å². The standard InChI is InChI=1S/C20H32N2O2.ClH/c1-16(21)18-8-6-14-22(15-18)20(23)9-5-3-4-7-17-10-12-19(24-2)13-11-17;/h10-13,16,18H,3-9,14-15,21H2,1-2H3;1H. The van der Waals surface area contributed by atoms with Crippen LogP contribution in [0.1, 0.15) is 51.0 Å². The maximum atomic E-state index is 12.3. The van der Waals surface area contributed by atoms with E-state index in [1.807, 2.05) is 17.0 Å². The van der Waals surface area contributed by atoms with Crippen molar-refractivity contribution in [1.82, 2.24) is 4.90 Å². The lowest BCUT2D eigenvalue weighted by molar-refractivity contribution is -0.133. The Morgan fingerprint density at radius 2 is 2.00 bits per heavy atom. The van der Waals surface area contributed by atoms with E-state index in [0.29, 0.717) is 18.2 Å². The van der Waals surface area contributed by atoms with Crippen LogP contribution in [0.25, 0.3) is 0 Å². The number of carbonyl (C=O) groups excluding carboxylic acids is 1. The molecule has 2 rings (SSSR count). The summed E-state index contributed by atoms with van der Waals surface area (Å²) >= 11 is 0. The van der Waals surface area contributed by atoms with E-state index in [1.165, 1.54) is 5.56 Å². The number of ether oxygens (including phenoxy) is 1. The average Bonchev–Trinajstić information content (AvgIpc) is 2.62. The topological polar surface area (TPSA) is 55.6 Å². The van der Waals surface area contributed by atoms with Gasteiger partial charge in [-0.3, -0.25) is 4.79 Å². The number of nitrogens with two attached hydrogens (primary N) is 1. The van der Waals surface area contributed by atoms with Crippen LogP contribution >= 0.6 is 12.4 Å². The molecular weight excluding hydrogens is 336 g/mol. The van der Waals surface area contributed by atoms with Crippen LogP contribution in [0.2, 0.25) is 0 Å². The van der Waals surface area contributed by atoms with Crippen molar-refractivity contribution in [3.8, 4) is 5.75 Å². The average molecular weight is 369 g/mol. The molecule has 2 atom stereocenters. The number of unbranched alkanes of at least 4 members (excludes halogenated alkanes) is 2. The zero-order chi connectivity index (χ0) is 17.4. The minimum atomic E-state index is 0. The third kappa shape index (κ3) is 7.25. The number of methoxy groups -OCH3 is 1. The Morgan fingerprint density at radius 1 is 1.28 bits per heavy atom. The summed E-state index contributed by atoms with van der Waals surface area (Å²) in [7, 11) is 1.69. The number of hydrogen-bond donors (Lipinski definition) is 1. The van der Waals surface area contributed by atoms with Gasteiger partial charge in [-0.1, -0.05) is 18.6 Å². The highest BCUT2D eigenvalue weighted by Crippen LogP contribution is 2.20. The molecule has 4 nitrogen and oxygen atoms in total. The van der Waals surface area contributed by atoms with Crippen LogP contribution < -0.4 is 10.5 Å². The molecule has 1 amide bonds. The van der Waals surface area contributed by atoms with Crippen molar-refractivity contribution in [3.63, 3.8) is 0 Å². The molecule has 1 aromatic rings. The van der Waals surface area contributed by atoms with Gasteiger partial charge in [0.25, 0.3) is 0 Å². The molecule has 1 aliphatic heterocycles. The first-order valence-corrected chi connectivity index (χ1v) is 9.26. The molecule has 1 aromatic carbocycles. The fourth-order valence-electron chi connectivity index (χ4n) is 3.40. The second-order valence-electron chi connectivity index (χ2n) is 7.01. The number of piperidine rings is 1. The summed E-state index contributed by atoms with van der Waals surface area (Å²) in [4.78, 5) is 14.4. The largest absolute Gasteiger partial charge is 0.497 e. The summed E-state index contributed by atoms with van der Waals surface area (Å²) in [5.74, 6) is 1.68. The Labute approximate surface area is 158 Å². The van der Waals surface area contributed by atoms with Gasteiger partial charge in [0.2, 0.25) is 5.91 Å². The second kappa shape index (κ2) is 11.4. The molecule has 0 spiro atoms. The number of aryl methyl sites for hydroxylation is 1. The highest BCUT2D eigenvalue weighted by molar-refractivity contribution is 5.85. The lowest BCUT2D eigenvalue weighted by Gasteiger charge is -2.34. The lowest BCUT2D eigenvalue weighted by Crippen LogP contribution is -2.44. The first kappa shape index (κ1) is 21.8. The molecule has 1 aliphatic rings. The van der Waals surface area contributed by atoms with Crippen molar-refractivity contribution < 1.29 is 9.53 Å². The number of carbonyl (C=O) groups is 1. The van der Waals surface area contributed by atoms with E-state index in [2.05, 4.69) is 19.1 Å². The first-order valence-electron chi connectivity index (χ1n) is 9.26. The summed E-state index contributed by atoms with van der Waals surface area (Å²) < 4.78 is 5.17. The molecule has 5 heteroatoms. The van der Waals surface area contributed by atoms with Crippen molar-refractivity contribution in [2.75, 3.05) is 20.2 Å². The third-order valence-corrected chi connectivity index (χ3v) is 5.07. The zero-order valence-corrected chi connectivity index (χ0v) is 16.4. The number of amides is 1. The van der Waals surface area contributed by atoms with Crippen LogP contribution in [0.4, 0.5) is 0 Å². The van der Waals surface area contributed by atoms with Crippen LogP contribution in [0.15, 0.2) is 24.3 Å². The van der Waals surface area contributed by atoms with E-state index in [9.17, 15) is 4.79 Å². The monoisotopic (exact) mass is 368 g/mol. The quantitative estimate of drug-likeness (QED) is 0.710. The maximum absolute atomic E-state index is 12.3. The Hall–Kier alpha value is -1.26. The molecule has 0 radical (unpaired) electrons. The van der Waals surface area contributed by atoms with Gasteiger partial charge in [-0.25, -0.2) is 0 Å². The van der Waals surface area contributed by atoms with E-state index in [4.69, 9.17) is 10.5 Å². The van der Waals surface area contributed by atoms with Crippen molar-refractivity contribution in [2.45, 2.75) is 57.9 Å². The van der Waals surface area contributed by atoms with Crippen molar-refractivity contribution in [2.24, 2.45) is 11.7 Å². The van der Waals surface area contributed by atoms with E-state index in [-0.39, 0.29) is 18.4 Å². The number of likely N-dealkylation sites (tertiary alicyclic amines) is 1. The van der Waals surface area contributed by atoms with Crippen LogP contribution in [0.3, 0.4) is 0 Å². The highest BCUT2D eigenvalue weighted by atomic mass is 35.5. The molecule has 142 valence electrons. The van der Waals surface area contributed by atoms with Gasteiger partial charge in [0.15, 0.2) is 0 Å². The molecule has 0 aromatic heterocycles. The van der Waals surface area contributed by atoms with E-state index in [1.54, 1.807) is 7.11 Å². The van der Waals surface area contributed by atoms with Crippen molar-refractivity contribution in [1.29, 1.82) is 0 Å². The predicted octanol–water partition coefficient (Wildman–Crippen LogP) is 3.81. The normalized spacial score (nSPS) is 18.4. The Bertz CT molecular complexity index is 505. The predicted molar refractivity (Wildman–Crippen MR) is 105 cm³/mol. The van der Waals surface area contributed by atoms with Crippen LogP contribution in [0, 0.1) is 5.92 Å². The first-order chi connectivity index (χ1) is 11.6. The van der Waals surface area contributed by atoms with E-state index < -0.39 is 0 Å². The number of hydrogen-bond acceptors (Lipinski definition) is 3. The van der Waals surface area contributed by atoms with Crippen molar-refractivity contribution >= 4 is 18.3 Å². The molecular formula is C20H33ClN2O2. The van der Waals surface area contributed by atoms with Crippen LogP contribution in [-0.2, 0) is 11.2 Å². The van der Waals surface area contributed by atoms with Gasteiger partial charge in [-0.15, -0.1) is 12.4 Å². The smallest absolute Gasteiger partial charge is 0.222 e. The van der Waals surface area contributed by atoms with Crippen molar-refractivity contribution in [3.05, 3.63) is 29.8 Å². The van der Waals surface area contributed by atoms with Gasteiger partial charge in [0, 0.05) is 25.6 Å². The molecule has 0 saturated carbocycles. The Kier molecular flexibility index (Phi) is 9.91. The Balaban J connectivity index is 0.00000312. The Morgan fingerprint density at radius 3 is 2.64 bits per heavy atom. The molecule has 1 heterocycles. The summed E-state index contributed by atoms with van der Waals surface area (Å²) in [6, 6.07) is 8.43. The number of halogens is 1. The van der Waals surface area contributed by atoms with Gasteiger partial charge in [-0.05, 0) is 62.6 Å². The second-order valence-corrected chi connectivity index (χ2v) is 7.01. The van der Waals surface area contributed by atoms with E-state index in [0.717, 1.165) is 57.4 Å². The molecule has 2 N–H and O–H groups in total. The van der Waals surface area contributed by atoms with Gasteiger partial charge in [0.05, 0.1) is 7.11 Å². The summed E-state index contributed by atoms with van der Waals surface area (Å²) in [6.07, 6.45) is 7.19. The minimum Gasteiger partial charge on any atom is -0.497 e. The zero-order valence-electron chi connectivity index (χ0n) is 15.6. The van der Waals surface area contributed by atoms with Crippen LogP contribution in [-0.4, -0.2) is 37.0 Å². The maximum Gasteiger partial charge on any atom is 0.222 e. The molecule has 1 fully saturated rings. The number of rotatable bonds is 8. The summed E-state index contributed by atoms with van der Waals surface area (Å²) in [5.41, 5.74) is 7.33. The number of nitrogens with zero attached hydrogens (tertiary/aromatic N) is 1. The summed E-state index contributed by atoms with van der Waals surface area (Å²) in [6.45, 7) is 3.81. The summed E-state index contributed by atoms with van der Waals surface area (Å²) in [5, 5.41) is 0. The van der Waals surface area contributed by atoms with E-state index >= 15 is 0 Å². The molecule has 0 bridgehead atoms. The number of benzene rings is 1. The lowest BCUT2D eigenvalue weighted by atomic mass is 9.92. The minimum absolute atomic E-state index is 0. The third-order valence-electron chi connectivity index (χ3n) is 5.07. The fourth-order valence-corrected chi connectivity index (χ4v) is 3.40. The molecule has 0 aliphatic carbocycles.